The molecule has 5 aromatic heterocycles. The van der Waals surface area contributed by atoms with Crippen molar-refractivity contribution in [2.45, 2.75) is 90.8 Å². The van der Waals surface area contributed by atoms with E-state index in [1.165, 1.54) is 24.4 Å². The van der Waals surface area contributed by atoms with Crippen LogP contribution in [-0.4, -0.2) is 109 Å². The molecule has 6 aromatic rings. The van der Waals surface area contributed by atoms with Crippen LogP contribution in [0.3, 0.4) is 0 Å². The highest BCUT2D eigenvalue weighted by atomic mass is 19.4. The second-order valence-electron chi connectivity index (χ2n) is 19.7. The molecule has 3 aliphatic heterocycles. The van der Waals surface area contributed by atoms with E-state index in [1.807, 2.05) is 24.3 Å². The Bertz CT molecular complexity index is 3020. The van der Waals surface area contributed by atoms with Gasteiger partial charge in [0.15, 0.2) is 5.82 Å². The first-order valence-electron chi connectivity index (χ1n) is 23.7. The van der Waals surface area contributed by atoms with Gasteiger partial charge in [-0.15, -0.1) is 0 Å². The highest BCUT2D eigenvalue weighted by Crippen LogP contribution is 2.41. The first-order valence-corrected chi connectivity index (χ1v) is 23.7. The normalized spacial score (nSPS) is 20.4. The van der Waals surface area contributed by atoms with Gasteiger partial charge in [0, 0.05) is 91.5 Å². The van der Waals surface area contributed by atoms with Gasteiger partial charge in [-0.25, -0.2) is 19.9 Å². The number of aliphatic hydroxyl groups excluding tert-OH is 1. The number of ether oxygens (including phenoxy) is 1. The summed E-state index contributed by atoms with van der Waals surface area (Å²) in [6, 6.07) is 12.9. The summed E-state index contributed by atoms with van der Waals surface area (Å²) in [6.45, 7) is 16.2. The van der Waals surface area contributed by atoms with E-state index in [1.54, 1.807) is 35.6 Å². The molecule has 16 nitrogen and oxygen atoms in total. The molecule has 4 aliphatic rings. The number of alkyl halides is 3. The molecule has 19 heteroatoms. The van der Waals surface area contributed by atoms with E-state index in [4.69, 9.17) is 9.72 Å². The lowest BCUT2D eigenvalue weighted by atomic mass is 9.90. The Kier molecular flexibility index (Phi) is 12.1. The number of aliphatic hydroxyl groups is 1. The molecule has 0 spiro atoms. The molecule has 70 heavy (non-hydrogen) atoms. The molecular formula is C51H57F3N12O4. The molecule has 0 radical (unpaired) electrons. The Morgan fingerprint density at radius 2 is 1.83 bits per heavy atom. The summed E-state index contributed by atoms with van der Waals surface area (Å²) in [6.07, 6.45) is 5.19. The van der Waals surface area contributed by atoms with Gasteiger partial charge in [0.2, 0.25) is 5.91 Å². The summed E-state index contributed by atoms with van der Waals surface area (Å²) in [7, 11) is 1.50. The zero-order valence-electron chi connectivity index (χ0n) is 39.9. The number of nitrogens with zero attached hydrogens (tertiary/aromatic N) is 9. The molecule has 2 saturated heterocycles. The fourth-order valence-corrected chi connectivity index (χ4v) is 11.1. The Labute approximate surface area is 403 Å². The lowest BCUT2D eigenvalue weighted by Crippen LogP contribution is -2.58. The molecule has 0 saturated carbocycles. The van der Waals surface area contributed by atoms with Crippen LogP contribution in [0.2, 0.25) is 0 Å². The van der Waals surface area contributed by atoms with Gasteiger partial charge in [-0.2, -0.15) is 13.2 Å². The van der Waals surface area contributed by atoms with Crippen molar-refractivity contribution in [2.24, 2.45) is 5.41 Å². The average molecular weight is 959 g/mol. The molecular weight excluding hydrogens is 902 g/mol. The van der Waals surface area contributed by atoms with Crippen LogP contribution in [0.1, 0.15) is 73.5 Å². The van der Waals surface area contributed by atoms with Gasteiger partial charge in [-0.1, -0.05) is 20.4 Å². The van der Waals surface area contributed by atoms with Crippen LogP contribution in [0.25, 0.3) is 22.3 Å². The number of amides is 2. The summed E-state index contributed by atoms with van der Waals surface area (Å²) in [4.78, 5) is 56.5. The van der Waals surface area contributed by atoms with Crippen LogP contribution >= 0.6 is 0 Å². The van der Waals surface area contributed by atoms with E-state index in [2.05, 4.69) is 84.1 Å². The number of aromatic nitrogens is 6. The van der Waals surface area contributed by atoms with Crippen molar-refractivity contribution in [1.82, 2.24) is 34.4 Å². The van der Waals surface area contributed by atoms with Crippen molar-refractivity contribution in [1.29, 1.82) is 0 Å². The van der Waals surface area contributed by atoms with Crippen molar-refractivity contribution >= 4 is 57.2 Å². The minimum Gasteiger partial charge on any atom is -0.478 e. The Hall–Kier alpha value is -6.99. The van der Waals surface area contributed by atoms with Crippen molar-refractivity contribution in [3.63, 3.8) is 0 Å². The van der Waals surface area contributed by atoms with Crippen molar-refractivity contribution in [2.75, 3.05) is 65.2 Å². The lowest BCUT2D eigenvalue weighted by Gasteiger charge is -2.48. The second kappa shape index (κ2) is 18.1. The highest BCUT2D eigenvalue weighted by molar-refractivity contribution is 6.06. The number of carbonyl (C=O) groups is 2. The summed E-state index contributed by atoms with van der Waals surface area (Å²) in [5.41, 5.74) is 6.90. The zero-order chi connectivity index (χ0) is 49.2. The largest absolute Gasteiger partial charge is 0.478 e. The third-order valence-electron chi connectivity index (χ3n) is 14.4. The number of pyridine rings is 2. The number of hydrogen-bond donors (Lipinski definition) is 4. The average Bonchev–Trinajstić information content (AvgIpc) is 4.02. The summed E-state index contributed by atoms with van der Waals surface area (Å²) >= 11 is 0. The Morgan fingerprint density at radius 3 is 2.57 bits per heavy atom. The van der Waals surface area contributed by atoms with Crippen LogP contribution in [-0.2, 0) is 37.0 Å². The molecule has 3 atom stereocenters. The van der Waals surface area contributed by atoms with Crippen molar-refractivity contribution in [3.05, 3.63) is 102 Å². The molecule has 1 unspecified atom stereocenters. The molecule has 366 valence electrons. The van der Waals surface area contributed by atoms with Gasteiger partial charge in [0.05, 0.1) is 48.9 Å². The van der Waals surface area contributed by atoms with Gasteiger partial charge in [-0.05, 0) is 99.0 Å². The van der Waals surface area contributed by atoms with Gasteiger partial charge < -0.3 is 39.8 Å². The smallest absolute Gasteiger partial charge is 0.431 e. The van der Waals surface area contributed by atoms with Crippen LogP contribution < -0.4 is 30.1 Å². The standard InChI is InChI=1S/C51H57F3N12O4/c1-7-44(68)59-38-22-33(8-9-40(38)64-15-14-62(27-30(64)3)34-11-13-63(29(2)18-34)35-19-31-21-43(51(52,53)54)61-45(31)56-25-35)58-46-48(70-6)57-26-39(60-46)36-10-12-55-47(37(36)28-67)66-17-16-65-41(49(66)69)20-32-23-50(4,5)24-42(32)65/h7-10,12,19-22,25-26,29-30,34,67H,1,11,13-18,23-24,27-28H2,2-6H3,(H,56,61)(H,58,60)(H,59,68)/t29-,30-,34?/m0/s1. The number of anilines is 6. The van der Waals surface area contributed by atoms with Crippen LogP contribution in [0.4, 0.5) is 47.6 Å². The topological polar surface area (TPSA) is 173 Å². The SMILES string of the molecule is C=CC(=O)Nc1cc(Nc2nc(-c3ccnc(N4CCn5c(cc6c5CC(C)(C)C6)C4=O)c3CO)cnc2OC)ccc1N1CCN(C2CCN(c3cnc4[nH]c(C(F)(F)F)cc4c3)[C@@H](C)C2)C[C@@H]1C. The van der Waals surface area contributed by atoms with Gasteiger partial charge >= 0.3 is 6.18 Å². The first-order chi connectivity index (χ1) is 33.5. The number of H-pyrrole nitrogens is 1. The zero-order valence-corrected chi connectivity index (χ0v) is 39.9. The summed E-state index contributed by atoms with van der Waals surface area (Å²) in [5, 5.41) is 17.6. The van der Waals surface area contributed by atoms with E-state index in [0.29, 0.717) is 76.6 Å². The Balaban J connectivity index is 0.846. The van der Waals surface area contributed by atoms with Gasteiger partial charge in [0.1, 0.15) is 22.9 Å². The molecule has 1 aromatic carbocycles. The van der Waals surface area contributed by atoms with Crippen LogP contribution in [0.5, 0.6) is 5.88 Å². The Morgan fingerprint density at radius 1 is 1.00 bits per heavy atom. The number of piperazine rings is 1. The maximum Gasteiger partial charge on any atom is 0.431 e. The molecule has 1 aliphatic carbocycles. The van der Waals surface area contributed by atoms with E-state index < -0.39 is 18.5 Å². The van der Waals surface area contributed by atoms with Crippen molar-refractivity contribution in [3.8, 4) is 17.1 Å². The van der Waals surface area contributed by atoms with Crippen molar-refractivity contribution < 1.29 is 32.6 Å². The van der Waals surface area contributed by atoms with Crippen LogP contribution in [0, 0.1) is 5.41 Å². The van der Waals surface area contributed by atoms with E-state index in [9.17, 15) is 27.9 Å². The van der Waals surface area contributed by atoms with Gasteiger partial charge in [0.25, 0.3) is 11.8 Å². The predicted molar refractivity (Wildman–Crippen MR) is 263 cm³/mol. The van der Waals surface area contributed by atoms with Crippen LogP contribution in [0.15, 0.2) is 73.7 Å². The lowest BCUT2D eigenvalue weighted by molar-refractivity contribution is -0.140. The quantitative estimate of drug-likeness (QED) is 0.0925. The number of halogens is 3. The third-order valence-corrected chi connectivity index (χ3v) is 14.4. The predicted octanol–water partition coefficient (Wildman–Crippen LogP) is 7.96. The minimum absolute atomic E-state index is 0.0795. The van der Waals surface area contributed by atoms with E-state index in [-0.39, 0.29) is 40.8 Å². The number of fused-ring (bicyclic) bond motifs is 4. The van der Waals surface area contributed by atoms with Gasteiger partial charge in [-0.3, -0.25) is 19.4 Å². The maximum atomic E-state index is 14.1. The second-order valence-corrected chi connectivity index (χ2v) is 19.7. The molecule has 0 bridgehead atoms. The highest BCUT2D eigenvalue weighted by Gasteiger charge is 2.39. The summed E-state index contributed by atoms with van der Waals surface area (Å²) in [5.74, 6) is 0.352. The number of hydrogen-bond acceptors (Lipinski definition) is 12. The monoisotopic (exact) mass is 958 g/mol. The molecule has 2 fully saturated rings. The number of carbonyl (C=O) groups excluding carboxylic acids is 2. The number of rotatable bonds is 11. The molecule has 4 N–H and O–H groups in total. The first kappa shape index (κ1) is 46.7. The fraction of sp³-hybridized carbons (Fsp3) is 0.412. The fourth-order valence-electron chi connectivity index (χ4n) is 11.1. The minimum atomic E-state index is -4.47. The third kappa shape index (κ3) is 8.69. The number of piperidine rings is 1. The summed E-state index contributed by atoms with van der Waals surface area (Å²) < 4.78 is 47.9. The molecule has 10 rings (SSSR count). The number of benzene rings is 1. The van der Waals surface area contributed by atoms with E-state index in [0.717, 1.165) is 62.8 Å². The molecule has 8 heterocycles. The number of nitrogens with one attached hydrogen (secondary N) is 3. The van der Waals surface area contributed by atoms with E-state index >= 15 is 0 Å². The number of aromatic amines is 1. The molecule has 2 amide bonds. The number of methoxy groups -OCH3 is 1. The maximum absolute atomic E-state index is 14.1.